The van der Waals surface area contributed by atoms with E-state index in [0.29, 0.717) is 28.7 Å². The maximum Gasteiger partial charge on any atom is 0.279 e. The van der Waals surface area contributed by atoms with E-state index >= 15 is 0 Å². The molecule has 2 rings (SSSR count). The number of quaternary nitrogens is 1. The van der Waals surface area contributed by atoms with Crippen molar-refractivity contribution in [3.05, 3.63) is 53.1 Å². The number of hydrogen-bond acceptors (Lipinski definition) is 3. The number of carbonyl (C=O) groups is 2. The van der Waals surface area contributed by atoms with E-state index in [0.717, 1.165) is 16.9 Å². The number of benzene rings is 2. The van der Waals surface area contributed by atoms with Gasteiger partial charge in [0.15, 0.2) is 13.1 Å². The maximum absolute atomic E-state index is 12.5. The number of hydrogen-bond donors (Lipinski definition) is 3. The van der Waals surface area contributed by atoms with Crippen molar-refractivity contribution in [2.45, 2.75) is 20.3 Å². The molecule has 0 saturated carbocycles. The van der Waals surface area contributed by atoms with Crippen LogP contribution in [0.5, 0.6) is 5.75 Å². The second kappa shape index (κ2) is 10.7. The number of nitrogens with one attached hydrogen (secondary N) is 3. The highest BCUT2D eigenvalue weighted by Gasteiger charge is 2.19. The van der Waals surface area contributed by atoms with Crippen LogP contribution in [0.1, 0.15) is 18.9 Å². The maximum atomic E-state index is 12.5. The van der Waals surface area contributed by atoms with E-state index in [1.54, 1.807) is 31.4 Å². The van der Waals surface area contributed by atoms with Crippen molar-refractivity contribution >= 4 is 34.8 Å². The average molecular weight is 405 g/mol. The molecule has 28 heavy (non-hydrogen) atoms. The summed E-state index contributed by atoms with van der Waals surface area (Å²) in [4.78, 5) is 25.8. The minimum Gasteiger partial charge on any atom is -0.495 e. The minimum absolute atomic E-state index is 0.172. The van der Waals surface area contributed by atoms with Crippen LogP contribution in [0.4, 0.5) is 11.4 Å². The molecule has 0 aromatic heterocycles. The molecule has 2 aromatic rings. The first-order valence-corrected chi connectivity index (χ1v) is 9.63. The highest BCUT2D eigenvalue weighted by Crippen LogP contribution is 2.23. The lowest BCUT2D eigenvalue weighted by Crippen LogP contribution is -3.14. The van der Waals surface area contributed by atoms with Crippen LogP contribution >= 0.6 is 11.6 Å². The quantitative estimate of drug-likeness (QED) is 0.601. The minimum atomic E-state index is -0.181. The van der Waals surface area contributed by atoms with Crippen LogP contribution in [-0.2, 0) is 9.59 Å². The molecule has 0 aliphatic carbocycles. The van der Waals surface area contributed by atoms with E-state index in [-0.39, 0.29) is 24.9 Å². The van der Waals surface area contributed by atoms with Crippen molar-refractivity contribution in [3.63, 3.8) is 0 Å². The van der Waals surface area contributed by atoms with Gasteiger partial charge >= 0.3 is 0 Å². The Hall–Kier alpha value is -2.57. The molecule has 0 saturated heterocycles. The number of methoxy groups -OCH3 is 1. The van der Waals surface area contributed by atoms with Gasteiger partial charge in [-0.2, -0.15) is 0 Å². The van der Waals surface area contributed by atoms with Gasteiger partial charge in [-0.1, -0.05) is 36.7 Å². The van der Waals surface area contributed by atoms with E-state index < -0.39 is 0 Å². The monoisotopic (exact) mass is 404 g/mol. The zero-order valence-corrected chi connectivity index (χ0v) is 17.2. The predicted molar refractivity (Wildman–Crippen MR) is 112 cm³/mol. The standard InChI is InChI=1S/C21H26ClN3O3/c1-4-11-25(13-20(26)23-17-10-9-15(2)12-16(17)22)14-21(27)24-18-7-5-6-8-19(18)28-3/h5-10,12H,4,11,13-14H2,1-3H3,(H,23,26)(H,24,27)/p+1. The first-order valence-electron chi connectivity index (χ1n) is 9.25. The molecule has 0 fully saturated rings. The van der Waals surface area contributed by atoms with Crippen molar-refractivity contribution in [1.29, 1.82) is 0 Å². The number of amides is 2. The molecule has 0 heterocycles. The normalized spacial score (nSPS) is 11.6. The lowest BCUT2D eigenvalue weighted by Gasteiger charge is -2.19. The van der Waals surface area contributed by atoms with Crippen LogP contribution in [-0.4, -0.2) is 38.6 Å². The molecule has 2 amide bonds. The van der Waals surface area contributed by atoms with Gasteiger partial charge in [0, 0.05) is 0 Å². The molecule has 1 atom stereocenters. The van der Waals surface area contributed by atoms with Gasteiger partial charge in [-0.25, -0.2) is 0 Å². The number of ether oxygens (including phenoxy) is 1. The SMILES string of the molecule is CCC[NH+](CC(=O)Nc1ccc(C)cc1Cl)CC(=O)Nc1ccccc1OC. The smallest absolute Gasteiger partial charge is 0.279 e. The summed E-state index contributed by atoms with van der Waals surface area (Å²) >= 11 is 6.18. The van der Waals surface area contributed by atoms with Gasteiger partial charge in [-0.05, 0) is 43.2 Å². The molecule has 0 spiro atoms. The summed E-state index contributed by atoms with van der Waals surface area (Å²) in [5.74, 6) is 0.244. The topological polar surface area (TPSA) is 71.9 Å². The molecule has 0 aliphatic rings. The number of carbonyl (C=O) groups excluding carboxylic acids is 2. The summed E-state index contributed by atoms with van der Waals surface area (Å²) in [5.41, 5.74) is 2.21. The summed E-state index contributed by atoms with van der Waals surface area (Å²) in [6.45, 7) is 5.02. The molecular weight excluding hydrogens is 378 g/mol. The lowest BCUT2D eigenvalue weighted by molar-refractivity contribution is -0.883. The zero-order chi connectivity index (χ0) is 20.5. The van der Waals surface area contributed by atoms with Gasteiger partial charge < -0.3 is 20.3 Å². The van der Waals surface area contributed by atoms with Crippen LogP contribution in [0.2, 0.25) is 5.02 Å². The van der Waals surface area contributed by atoms with E-state index in [2.05, 4.69) is 10.6 Å². The molecule has 6 nitrogen and oxygen atoms in total. The third-order valence-electron chi connectivity index (χ3n) is 4.20. The van der Waals surface area contributed by atoms with Gasteiger partial charge in [0.2, 0.25) is 0 Å². The summed E-state index contributed by atoms with van der Waals surface area (Å²) in [7, 11) is 1.56. The molecule has 2 aromatic carbocycles. The molecular formula is C21H27ClN3O3+. The van der Waals surface area contributed by atoms with Gasteiger partial charge in [-0.15, -0.1) is 0 Å². The molecule has 3 N–H and O–H groups in total. The Morgan fingerprint density at radius 1 is 1.04 bits per heavy atom. The average Bonchev–Trinajstić information content (AvgIpc) is 2.64. The fourth-order valence-electron chi connectivity index (χ4n) is 2.91. The first kappa shape index (κ1) is 21.7. The van der Waals surface area contributed by atoms with Gasteiger partial charge in [-0.3, -0.25) is 9.59 Å². The van der Waals surface area contributed by atoms with Crippen LogP contribution in [0.3, 0.4) is 0 Å². The van der Waals surface area contributed by atoms with E-state index in [4.69, 9.17) is 16.3 Å². The van der Waals surface area contributed by atoms with E-state index in [9.17, 15) is 9.59 Å². The summed E-state index contributed by atoms with van der Waals surface area (Å²) < 4.78 is 5.25. The Balaban J connectivity index is 1.96. The van der Waals surface area contributed by atoms with Crippen LogP contribution in [0.15, 0.2) is 42.5 Å². The fraction of sp³-hybridized carbons (Fsp3) is 0.333. The zero-order valence-electron chi connectivity index (χ0n) is 16.5. The third-order valence-corrected chi connectivity index (χ3v) is 4.52. The second-order valence-electron chi connectivity index (χ2n) is 6.63. The lowest BCUT2D eigenvalue weighted by atomic mass is 10.2. The van der Waals surface area contributed by atoms with Gasteiger partial charge in [0.1, 0.15) is 5.75 Å². The largest absolute Gasteiger partial charge is 0.495 e. The molecule has 0 bridgehead atoms. The van der Waals surface area contributed by atoms with Gasteiger partial charge in [0.25, 0.3) is 11.8 Å². The van der Waals surface area contributed by atoms with Crippen LogP contribution in [0.25, 0.3) is 0 Å². The van der Waals surface area contributed by atoms with Crippen molar-refractivity contribution in [2.24, 2.45) is 0 Å². The summed E-state index contributed by atoms with van der Waals surface area (Å²) in [5, 5.41) is 6.17. The predicted octanol–water partition coefficient (Wildman–Crippen LogP) is 2.53. The Morgan fingerprint density at radius 3 is 2.29 bits per heavy atom. The highest BCUT2D eigenvalue weighted by atomic mass is 35.5. The van der Waals surface area contributed by atoms with Crippen LogP contribution < -0.4 is 20.3 Å². The number of anilines is 2. The van der Waals surface area contributed by atoms with Crippen molar-refractivity contribution in [1.82, 2.24) is 0 Å². The second-order valence-corrected chi connectivity index (χ2v) is 7.04. The summed E-state index contributed by atoms with van der Waals surface area (Å²) in [6, 6.07) is 12.7. The van der Waals surface area contributed by atoms with E-state index in [1.807, 2.05) is 32.0 Å². The Bertz CT molecular complexity index is 826. The van der Waals surface area contributed by atoms with Crippen molar-refractivity contribution in [2.75, 3.05) is 37.4 Å². The first-order chi connectivity index (χ1) is 13.4. The van der Waals surface area contributed by atoms with Crippen LogP contribution in [0, 0.1) is 6.92 Å². The number of para-hydroxylation sites is 2. The number of aryl methyl sites for hydroxylation is 1. The molecule has 150 valence electrons. The molecule has 0 aliphatic heterocycles. The summed E-state index contributed by atoms with van der Waals surface area (Å²) in [6.07, 6.45) is 0.857. The van der Waals surface area contributed by atoms with Gasteiger partial charge in [0.05, 0.1) is 30.1 Å². The molecule has 7 heteroatoms. The Labute approximate surface area is 170 Å². The number of rotatable bonds is 9. The fourth-order valence-corrected chi connectivity index (χ4v) is 3.19. The van der Waals surface area contributed by atoms with E-state index in [1.165, 1.54) is 0 Å². The van der Waals surface area contributed by atoms with Crippen molar-refractivity contribution < 1.29 is 19.2 Å². The molecule has 0 radical (unpaired) electrons. The van der Waals surface area contributed by atoms with Crippen molar-refractivity contribution in [3.8, 4) is 5.75 Å². The number of halogens is 1. The Morgan fingerprint density at radius 2 is 1.68 bits per heavy atom. The molecule has 1 unspecified atom stereocenters. The third kappa shape index (κ3) is 6.55. The Kier molecular flexibility index (Phi) is 8.29. The highest BCUT2D eigenvalue weighted by molar-refractivity contribution is 6.33.